The second-order valence-corrected chi connectivity index (χ2v) is 4.98. The van der Waals surface area contributed by atoms with Gasteiger partial charge in [0.2, 0.25) is 0 Å². The minimum absolute atomic E-state index is 0.0119. The van der Waals surface area contributed by atoms with Gasteiger partial charge in [0, 0.05) is 11.0 Å². The molecular weight excluding hydrogens is 332 g/mol. The molecule has 2 aromatic rings. The molecule has 6 heteroatoms. The highest BCUT2D eigenvalue weighted by molar-refractivity contribution is 9.10. The number of carboxylic acid groups (broad SMARTS) is 1. The first kappa shape index (κ1) is 14.5. The van der Waals surface area contributed by atoms with Crippen molar-refractivity contribution in [3.05, 3.63) is 63.6 Å². The number of rotatable bonds is 4. The van der Waals surface area contributed by atoms with Gasteiger partial charge in [-0.15, -0.1) is 0 Å². The van der Waals surface area contributed by atoms with E-state index in [1.54, 1.807) is 18.2 Å². The van der Waals surface area contributed by atoms with Crippen molar-refractivity contribution in [2.45, 2.75) is 6.54 Å². The van der Waals surface area contributed by atoms with Crippen LogP contribution in [0.1, 0.15) is 15.9 Å². The van der Waals surface area contributed by atoms with Gasteiger partial charge in [-0.25, -0.2) is 13.6 Å². The molecule has 20 heavy (non-hydrogen) atoms. The van der Waals surface area contributed by atoms with E-state index in [0.717, 1.165) is 12.1 Å². The topological polar surface area (TPSA) is 49.3 Å². The monoisotopic (exact) mass is 341 g/mol. The molecule has 0 bridgehead atoms. The fraction of sp³-hybridized carbons (Fsp3) is 0.0714. The first-order valence-corrected chi connectivity index (χ1v) is 6.48. The lowest BCUT2D eigenvalue weighted by atomic mass is 10.1. The predicted octanol–water partition coefficient (Wildman–Crippen LogP) is 4.04. The van der Waals surface area contributed by atoms with E-state index >= 15 is 0 Å². The van der Waals surface area contributed by atoms with Gasteiger partial charge >= 0.3 is 5.97 Å². The van der Waals surface area contributed by atoms with Crippen LogP contribution >= 0.6 is 15.9 Å². The van der Waals surface area contributed by atoms with Crippen LogP contribution in [0.2, 0.25) is 0 Å². The second kappa shape index (κ2) is 6.00. The van der Waals surface area contributed by atoms with Crippen molar-refractivity contribution in [2.24, 2.45) is 0 Å². The lowest BCUT2D eigenvalue weighted by molar-refractivity contribution is 0.0696. The minimum atomic E-state index is -1.08. The van der Waals surface area contributed by atoms with E-state index in [9.17, 15) is 13.6 Å². The summed E-state index contributed by atoms with van der Waals surface area (Å²) in [6, 6.07) is 8.55. The van der Waals surface area contributed by atoms with Crippen molar-refractivity contribution in [1.82, 2.24) is 0 Å². The van der Waals surface area contributed by atoms with Crippen LogP contribution in [0.25, 0.3) is 0 Å². The number of carbonyl (C=O) groups is 1. The molecule has 2 aromatic carbocycles. The number of aromatic carboxylic acids is 1. The van der Waals surface area contributed by atoms with E-state index in [2.05, 4.69) is 21.2 Å². The molecule has 0 atom stereocenters. The average Bonchev–Trinajstić information content (AvgIpc) is 2.37. The molecule has 0 aromatic heterocycles. The molecule has 0 spiro atoms. The number of halogens is 3. The highest BCUT2D eigenvalue weighted by atomic mass is 79.9. The van der Waals surface area contributed by atoms with E-state index in [4.69, 9.17) is 5.11 Å². The van der Waals surface area contributed by atoms with Crippen molar-refractivity contribution in [2.75, 3.05) is 5.32 Å². The van der Waals surface area contributed by atoms with E-state index < -0.39 is 17.6 Å². The summed E-state index contributed by atoms with van der Waals surface area (Å²) in [6.45, 7) is 0.0119. The molecule has 0 radical (unpaired) electrons. The van der Waals surface area contributed by atoms with Crippen molar-refractivity contribution in [3.63, 3.8) is 0 Å². The summed E-state index contributed by atoms with van der Waals surface area (Å²) >= 11 is 2.99. The number of carboxylic acids is 1. The maximum absolute atomic E-state index is 13.6. The minimum Gasteiger partial charge on any atom is -0.478 e. The van der Waals surface area contributed by atoms with Gasteiger partial charge < -0.3 is 10.4 Å². The van der Waals surface area contributed by atoms with Gasteiger partial charge in [0.1, 0.15) is 17.3 Å². The molecule has 0 unspecified atom stereocenters. The Labute approximate surface area is 122 Å². The SMILES string of the molecule is O=C(O)c1ccccc1CNc1c(F)cc(Br)cc1F. The third kappa shape index (κ3) is 3.14. The Morgan fingerprint density at radius 1 is 1.20 bits per heavy atom. The van der Waals surface area contributed by atoms with Gasteiger partial charge in [-0.05, 0) is 23.8 Å². The molecule has 104 valence electrons. The summed E-state index contributed by atoms with van der Waals surface area (Å²) in [7, 11) is 0. The standard InChI is InChI=1S/C14H10BrF2NO2/c15-9-5-11(16)13(12(17)6-9)18-7-8-3-1-2-4-10(8)14(19)20/h1-6,18H,7H2,(H,19,20). The zero-order valence-electron chi connectivity index (χ0n) is 10.2. The Morgan fingerprint density at radius 3 is 2.40 bits per heavy atom. The van der Waals surface area contributed by atoms with Gasteiger partial charge in [-0.1, -0.05) is 34.1 Å². The third-order valence-corrected chi connectivity index (χ3v) is 3.17. The molecule has 0 saturated carbocycles. The highest BCUT2D eigenvalue weighted by Crippen LogP contribution is 2.24. The van der Waals surface area contributed by atoms with Crippen LogP contribution < -0.4 is 5.32 Å². The Morgan fingerprint density at radius 2 is 1.80 bits per heavy atom. The molecule has 2 rings (SSSR count). The third-order valence-electron chi connectivity index (χ3n) is 2.71. The Balaban J connectivity index is 2.24. The number of benzene rings is 2. The van der Waals surface area contributed by atoms with Gasteiger partial charge in [0.15, 0.2) is 0 Å². The Bertz CT molecular complexity index is 638. The molecule has 0 fully saturated rings. The van der Waals surface area contributed by atoms with Gasteiger partial charge in [-0.2, -0.15) is 0 Å². The first-order chi connectivity index (χ1) is 9.49. The summed E-state index contributed by atoms with van der Waals surface area (Å²) in [5, 5.41) is 11.6. The predicted molar refractivity (Wildman–Crippen MR) is 74.8 cm³/mol. The molecule has 0 heterocycles. The summed E-state index contributed by atoms with van der Waals surface area (Å²) in [5.41, 5.74) is 0.257. The molecule has 2 N–H and O–H groups in total. The quantitative estimate of drug-likeness (QED) is 0.882. The fourth-order valence-electron chi connectivity index (χ4n) is 1.78. The summed E-state index contributed by atoms with van der Waals surface area (Å²) in [5.74, 6) is -2.58. The molecule has 3 nitrogen and oxygen atoms in total. The summed E-state index contributed by atoms with van der Waals surface area (Å²) in [6.07, 6.45) is 0. The van der Waals surface area contributed by atoms with Crippen molar-refractivity contribution in [3.8, 4) is 0 Å². The van der Waals surface area contributed by atoms with E-state index in [1.165, 1.54) is 6.07 Å². The van der Waals surface area contributed by atoms with Crippen molar-refractivity contribution >= 4 is 27.6 Å². The normalized spacial score (nSPS) is 10.3. The number of hydrogen-bond donors (Lipinski definition) is 2. The largest absolute Gasteiger partial charge is 0.478 e. The van der Waals surface area contributed by atoms with E-state index in [0.29, 0.717) is 10.0 Å². The van der Waals surface area contributed by atoms with E-state index in [1.807, 2.05) is 0 Å². The first-order valence-electron chi connectivity index (χ1n) is 5.68. The molecule has 0 aliphatic rings. The number of nitrogens with one attached hydrogen (secondary N) is 1. The Kier molecular flexibility index (Phi) is 4.34. The molecule has 0 aliphatic carbocycles. The molecule has 0 amide bonds. The van der Waals surface area contributed by atoms with Crippen molar-refractivity contribution in [1.29, 1.82) is 0 Å². The lowest BCUT2D eigenvalue weighted by Crippen LogP contribution is -2.09. The summed E-state index contributed by atoms with van der Waals surface area (Å²) in [4.78, 5) is 11.0. The lowest BCUT2D eigenvalue weighted by Gasteiger charge is -2.11. The van der Waals surface area contributed by atoms with Crippen LogP contribution in [0.4, 0.5) is 14.5 Å². The zero-order valence-corrected chi connectivity index (χ0v) is 11.7. The highest BCUT2D eigenvalue weighted by Gasteiger charge is 2.13. The Hall–Kier alpha value is -1.95. The van der Waals surface area contributed by atoms with Gasteiger partial charge in [0.05, 0.1) is 5.56 Å². The molecular formula is C14H10BrF2NO2. The fourth-order valence-corrected chi connectivity index (χ4v) is 2.18. The number of anilines is 1. The van der Waals surface area contributed by atoms with Crippen LogP contribution in [0.15, 0.2) is 40.9 Å². The zero-order chi connectivity index (χ0) is 14.7. The van der Waals surface area contributed by atoms with Crippen LogP contribution in [0.3, 0.4) is 0 Å². The van der Waals surface area contributed by atoms with E-state index in [-0.39, 0.29) is 17.8 Å². The number of hydrogen-bond acceptors (Lipinski definition) is 2. The van der Waals surface area contributed by atoms with Crippen LogP contribution in [0.5, 0.6) is 0 Å². The van der Waals surface area contributed by atoms with Gasteiger partial charge in [0.25, 0.3) is 0 Å². The van der Waals surface area contributed by atoms with Gasteiger partial charge in [-0.3, -0.25) is 0 Å². The second-order valence-electron chi connectivity index (χ2n) is 4.06. The molecule has 0 aliphatic heterocycles. The van der Waals surface area contributed by atoms with Crippen LogP contribution in [0, 0.1) is 11.6 Å². The average molecular weight is 342 g/mol. The van der Waals surface area contributed by atoms with Crippen molar-refractivity contribution < 1.29 is 18.7 Å². The van der Waals surface area contributed by atoms with Crippen LogP contribution in [-0.2, 0) is 6.54 Å². The molecule has 0 saturated heterocycles. The maximum atomic E-state index is 13.6. The summed E-state index contributed by atoms with van der Waals surface area (Å²) < 4.78 is 27.5. The van der Waals surface area contributed by atoms with Crippen LogP contribution in [-0.4, -0.2) is 11.1 Å². The maximum Gasteiger partial charge on any atom is 0.336 e. The smallest absolute Gasteiger partial charge is 0.336 e.